The maximum absolute atomic E-state index is 6.25. The van der Waals surface area contributed by atoms with Crippen molar-refractivity contribution < 1.29 is 0 Å². The highest BCUT2D eigenvalue weighted by Crippen LogP contribution is 2.32. The highest BCUT2D eigenvalue weighted by molar-refractivity contribution is 5.24. The lowest BCUT2D eigenvalue weighted by molar-refractivity contribution is 0.233. The van der Waals surface area contributed by atoms with Gasteiger partial charge in [-0.3, -0.25) is 4.98 Å². The van der Waals surface area contributed by atoms with Crippen LogP contribution >= 0.6 is 0 Å². The van der Waals surface area contributed by atoms with Gasteiger partial charge in [0.1, 0.15) is 0 Å². The second-order valence-corrected chi connectivity index (χ2v) is 5.84. The highest BCUT2D eigenvalue weighted by atomic mass is 14.7. The molecule has 16 heavy (non-hydrogen) atoms. The van der Waals surface area contributed by atoms with Crippen molar-refractivity contribution in [3.63, 3.8) is 0 Å². The number of nitrogens with two attached hydrogens (primary N) is 1. The smallest absolute Gasteiger partial charge is 0.0318 e. The molecule has 0 aromatic carbocycles. The zero-order chi connectivity index (χ0) is 12.3. The lowest BCUT2D eigenvalue weighted by atomic mass is 9.77. The molecule has 1 aromatic rings. The van der Waals surface area contributed by atoms with Crippen molar-refractivity contribution in [2.24, 2.45) is 17.1 Å². The number of pyridine rings is 1. The summed E-state index contributed by atoms with van der Waals surface area (Å²) < 4.78 is 0. The van der Waals surface area contributed by atoms with Crippen LogP contribution in [-0.4, -0.2) is 4.98 Å². The molecule has 0 fully saturated rings. The highest BCUT2D eigenvalue weighted by Gasteiger charge is 2.23. The number of nitrogens with zero attached hydrogens (tertiary/aromatic N) is 1. The largest absolute Gasteiger partial charge is 0.324 e. The molecular weight excluding hydrogens is 196 g/mol. The van der Waals surface area contributed by atoms with Crippen LogP contribution in [0.5, 0.6) is 0 Å². The normalized spacial score (nSPS) is 15.9. The van der Waals surface area contributed by atoms with Crippen LogP contribution < -0.4 is 5.73 Å². The molecule has 0 aliphatic carbocycles. The Morgan fingerprint density at radius 1 is 1.38 bits per heavy atom. The fourth-order valence-corrected chi connectivity index (χ4v) is 1.73. The lowest BCUT2D eigenvalue weighted by Crippen LogP contribution is -2.23. The van der Waals surface area contributed by atoms with Crippen LogP contribution in [-0.2, 0) is 0 Å². The topological polar surface area (TPSA) is 38.9 Å². The number of aromatic nitrogens is 1. The third kappa shape index (κ3) is 3.31. The molecule has 90 valence electrons. The molecule has 0 aliphatic rings. The summed E-state index contributed by atoms with van der Waals surface area (Å²) in [5, 5.41) is 0. The van der Waals surface area contributed by atoms with Gasteiger partial charge in [-0.2, -0.15) is 0 Å². The van der Waals surface area contributed by atoms with Crippen molar-refractivity contribution in [3.05, 3.63) is 29.6 Å². The van der Waals surface area contributed by atoms with Gasteiger partial charge in [0.15, 0.2) is 0 Å². The Bertz CT molecular complexity index is 339. The van der Waals surface area contributed by atoms with E-state index in [4.69, 9.17) is 5.73 Å². The predicted octanol–water partition coefficient (Wildman–Crippen LogP) is 3.46. The van der Waals surface area contributed by atoms with E-state index >= 15 is 0 Å². The average Bonchev–Trinajstić information content (AvgIpc) is 2.16. The molecule has 2 N–H and O–H groups in total. The monoisotopic (exact) mass is 220 g/mol. The standard InChI is InChI=1S/C14H24N2/c1-10-6-7-16-9-12(10)13(15)8-11(2)14(3,4)5/h6-7,9,11,13H,8,15H2,1-5H3. The molecule has 2 atom stereocenters. The third-order valence-corrected chi connectivity index (χ3v) is 3.56. The molecule has 1 rings (SSSR count). The van der Waals surface area contributed by atoms with E-state index in [2.05, 4.69) is 39.6 Å². The summed E-state index contributed by atoms with van der Waals surface area (Å²) in [5.74, 6) is 0.599. The summed E-state index contributed by atoms with van der Waals surface area (Å²) in [5.41, 5.74) is 8.99. The van der Waals surface area contributed by atoms with Crippen LogP contribution in [0.15, 0.2) is 18.5 Å². The number of hydrogen-bond acceptors (Lipinski definition) is 2. The summed E-state index contributed by atoms with van der Waals surface area (Å²) in [6.07, 6.45) is 4.73. The second-order valence-electron chi connectivity index (χ2n) is 5.84. The lowest BCUT2D eigenvalue weighted by Gasteiger charge is -2.29. The second kappa shape index (κ2) is 4.96. The fourth-order valence-electron chi connectivity index (χ4n) is 1.73. The molecule has 2 nitrogen and oxygen atoms in total. The van der Waals surface area contributed by atoms with E-state index in [9.17, 15) is 0 Å². The van der Waals surface area contributed by atoms with Crippen molar-refractivity contribution in [1.82, 2.24) is 4.98 Å². The minimum Gasteiger partial charge on any atom is -0.324 e. The SMILES string of the molecule is Cc1ccncc1C(N)CC(C)C(C)(C)C. The molecule has 0 amide bonds. The van der Waals surface area contributed by atoms with Crippen molar-refractivity contribution in [1.29, 1.82) is 0 Å². The molecular formula is C14H24N2. The molecule has 0 bridgehead atoms. The molecule has 0 saturated heterocycles. The first-order chi connectivity index (χ1) is 7.32. The molecule has 0 aliphatic heterocycles. The Kier molecular flexibility index (Phi) is 4.09. The Labute approximate surface area is 99.3 Å². The van der Waals surface area contributed by atoms with E-state index in [1.807, 2.05) is 18.5 Å². The van der Waals surface area contributed by atoms with Gasteiger partial charge in [0, 0.05) is 18.4 Å². The predicted molar refractivity (Wildman–Crippen MR) is 69.1 cm³/mol. The van der Waals surface area contributed by atoms with Crippen molar-refractivity contribution in [3.8, 4) is 0 Å². The van der Waals surface area contributed by atoms with Crippen LogP contribution in [0, 0.1) is 18.3 Å². The number of aryl methyl sites for hydroxylation is 1. The van der Waals surface area contributed by atoms with Crippen LogP contribution in [0.3, 0.4) is 0 Å². The van der Waals surface area contributed by atoms with E-state index in [0.29, 0.717) is 11.3 Å². The summed E-state index contributed by atoms with van der Waals surface area (Å²) in [4.78, 5) is 4.16. The average molecular weight is 220 g/mol. The molecule has 0 saturated carbocycles. The van der Waals surface area contributed by atoms with Crippen LogP contribution in [0.2, 0.25) is 0 Å². The zero-order valence-electron chi connectivity index (χ0n) is 11.1. The maximum atomic E-state index is 6.25. The first kappa shape index (κ1) is 13.2. The van der Waals surface area contributed by atoms with Crippen LogP contribution in [0.4, 0.5) is 0 Å². The van der Waals surface area contributed by atoms with Gasteiger partial charge < -0.3 is 5.73 Å². The van der Waals surface area contributed by atoms with E-state index in [0.717, 1.165) is 6.42 Å². The zero-order valence-corrected chi connectivity index (χ0v) is 11.1. The number of rotatable bonds is 3. The summed E-state index contributed by atoms with van der Waals surface area (Å²) >= 11 is 0. The first-order valence-electron chi connectivity index (χ1n) is 5.98. The quantitative estimate of drug-likeness (QED) is 0.847. The van der Waals surface area contributed by atoms with Crippen molar-refractivity contribution >= 4 is 0 Å². The van der Waals surface area contributed by atoms with Crippen molar-refractivity contribution in [2.45, 2.75) is 47.1 Å². The van der Waals surface area contributed by atoms with Crippen LogP contribution in [0.25, 0.3) is 0 Å². The minimum atomic E-state index is 0.0999. The minimum absolute atomic E-state index is 0.0999. The van der Waals surface area contributed by atoms with Gasteiger partial charge >= 0.3 is 0 Å². The van der Waals surface area contributed by atoms with Gasteiger partial charge in [-0.1, -0.05) is 27.7 Å². The fraction of sp³-hybridized carbons (Fsp3) is 0.643. The van der Waals surface area contributed by atoms with E-state index in [1.165, 1.54) is 11.1 Å². The maximum Gasteiger partial charge on any atom is 0.0318 e. The Morgan fingerprint density at radius 3 is 2.50 bits per heavy atom. The summed E-state index contributed by atoms with van der Waals surface area (Å²) in [6, 6.07) is 2.12. The molecule has 1 heterocycles. The molecule has 0 radical (unpaired) electrons. The third-order valence-electron chi connectivity index (χ3n) is 3.56. The van der Waals surface area contributed by atoms with Crippen LogP contribution in [0.1, 0.15) is 51.3 Å². The van der Waals surface area contributed by atoms with E-state index < -0.39 is 0 Å². The van der Waals surface area contributed by atoms with E-state index in [-0.39, 0.29) is 6.04 Å². The summed E-state index contributed by atoms with van der Waals surface area (Å²) in [7, 11) is 0. The Morgan fingerprint density at radius 2 is 2.00 bits per heavy atom. The number of hydrogen-bond donors (Lipinski definition) is 1. The molecule has 1 aromatic heterocycles. The first-order valence-corrected chi connectivity index (χ1v) is 5.98. The van der Waals surface area contributed by atoms with E-state index in [1.54, 1.807) is 0 Å². The van der Waals surface area contributed by atoms with Gasteiger partial charge in [-0.05, 0) is 41.9 Å². The summed E-state index contributed by atoms with van der Waals surface area (Å²) in [6.45, 7) is 11.2. The van der Waals surface area contributed by atoms with Crippen molar-refractivity contribution in [2.75, 3.05) is 0 Å². The van der Waals surface area contributed by atoms with Gasteiger partial charge in [-0.15, -0.1) is 0 Å². The molecule has 2 unspecified atom stereocenters. The van der Waals surface area contributed by atoms with Gasteiger partial charge in [0.25, 0.3) is 0 Å². The van der Waals surface area contributed by atoms with Gasteiger partial charge in [0.2, 0.25) is 0 Å². The van der Waals surface area contributed by atoms with Gasteiger partial charge in [-0.25, -0.2) is 0 Å². The Hall–Kier alpha value is -0.890. The molecule has 2 heteroatoms. The molecule has 0 spiro atoms. The van der Waals surface area contributed by atoms with Gasteiger partial charge in [0.05, 0.1) is 0 Å². The Balaban J connectivity index is 2.73.